The molecule has 1 aromatic carbocycles. The highest BCUT2D eigenvalue weighted by molar-refractivity contribution is 5.88. The number of nitrogens with two attached hydrogens (primary N) is 1. The lowest BCUT2D eigenvalue weighted by molar-refractivity contribution is -0.435. The van der Waals surface area contributed by atoms with E-state index in [1.165, 1.54) is 0 Å². The summed E-state index contributed by atoms with van der Waals surface area (Å²) in [5.74, 6) is 0.190. The topological polar surface area (TPSA) is 130 Å². The van der Waals surface area contributed by atoms with Crippen LogP contribution in [0, 0.1) is 10.1 Å². The van der Waals surface area contributed by atoms with E-state index in [0.717, 1.165) is 25.7 Å². The minimum atomic E-state index is -0.770. The van der Waals surface area contributed by atoms with Gasteiger partial charge in [-0.3, -0.25) is 15.4 Å². The second kappa shape index (κ2) is 10.2. The van der Waals surface area contributed by atoms with Crippen molar-refractivity contribution in [1.82, 2.24) is 20.2 Å². The van der Waals surface area contributed by atoms with Crippen LogP contribution >= 0.6 is 0 Å². The number of piperazine rings is 1. The number of carbonyl (C=O) groups is 1. The van der Waals surface area contributed by atoms with Crippen LogP contribution in [-0.2, 0) is 4.74 Å². The summed E-state index contributed by atoms with van der Waals surface area (Å²) in [6, 6.07) is 9.27. The maximum Gasteiger partial charge on any atom is 0.410 e. The monoisotopic (exact) mass is 485 g/mol. The Morgan fingerprint density at radius 3 is 2.34 bits per heavy atom. The van der Waals surface area contributed by atoms with E-state index in [2.05, 4.69) is 10.3 Å². The SMILES string of the molecule is CC(C)(C)OC(=O)N1CCN(N2C(N)=NC(c3ccccc3)=C([N+](=O)[O-])C2NC2CCCC2)CC1. The number of rotatable bonds is 5. The first-order valence-electron chi connectivity index (χ1n) is 12.2. The normalized spacial score (nSPS) is 22.4. The van der Waals surface area contributed by atoms with E-state index in [9.17, 15) is 14.9 Å². The number of hydrogen-bond donors (Lipinski definition) is 2. The largest absolute Gasteiger partial charge is 0.444 e. The summed E-state index contributed by atoms with van der Waals surface area (Å²) in [4.78, 5) is 30.7. The van der Waals surface area contributed by atoms with Gasteiger partial charge >= 0.3 is 11.8 Å². The molecule has 1 aliphatic carbocycles. The molecule has 0 aromatic heterocycles. The number of carbonyl (C=O) groups excluding carboxylic acids is 1. The van der Waals surface area contributed by atoms with Gasteiger partial charge in [0.1, 0.15) is 5.60 Å². The Labute approximate surface area is 205 Å². The third kappa shape index (κ3) is 5.73. The Morgan fingerprint density at radius 1 is 1.14 bits per heavy atom. The lowest BCUT2D eigenvalue weighted by atomic mass is 10.1. The molecular weight excluding hydrogens is 450 g/mol. The third-order valence-corrected chi connectivity index (χ3v) is 6.41. The van der Waals surface area contributed by atoms with Gasteiger partial charge in [0.15, 0.2) is 11.9 Å². The van der Waals surface area contributed by atoms with Crippen molar-refractivity contribution in [2.24, 2.45) is 10.7 Å². The number of nitrogens with one attached hydrogen (secondary N) is 1. The quantitative estimate of drug-likeness (QED) is 0.481. The molecule has 0 spiro atoms. The van der Waals surface area contributed by atoms with Gasteiger partial charge < -0.3 is 15.4 Å². The Kier molecular flexibility index (Phi) is 7.27. The van der Waals surface area contributed by atoms with Crippen LogP contribution in [-0.4, -0.2) is 75.9 Å². The molecule has 0 radical (unpaired) electrons. The van der Waals surface area contributed by atoms with Crippen LogP contribution in [0.3, 0.4) is 0 Å². The van der Waals surface area contributed by atoms with Crippen molar-refractivity contribution < 1.29 is 14.5 Å². The number of nitro groups is 1. The molecule has 11 heteroatoms. The van der Waals surface area contributed by atoms with Gasteiger partial charge in [-0.1, -0.05) is 43.2 Å². The van der Waals surface area contributed by atoms with Crippen molar-refractivity contribution in [1.29, 1.82) is 0 Å². The standard InChI is InChI=1S/C24H35N7O4/c1-24(2,3)35-23(32)28-13-15-29(16-14-28)30-21(26-18-11-7-8-12-18)20(31(33)34)19(27-22(30)25)17-9-5-4-6-10-17/h4-6,9-10,18,21,26H,7-8,11-16H2,1-3H3,(H2,25,27). The lowest BCUT2D eigenvalue weighted by Gasteiger charge is -2.45. The van der Waals surface area contributed by atoms with Crippen molar-refractivity contribution in [3.8, 4) is 0 Å². The molecular formula is C24H35N7O4. The molecule has 2 fully saturated rings. The van der Waals surface area contributed by atoms with Crippen LogP contribution in [0.2, 0.25) is 0 Å². The number of hydrazine groups is 1. The Morgan fingerprint density at radius 2 is 1.77 bits per heavy atom. The van der Waals surface area contributed by atoms with Crippen LogP contribution in [0.25, 0.3) is 5.70 Å². The molecule has 190 valence electrons. The Balaban J connectivity index is 1.61. The van der Waals surface area contributed by atoms with E-state index < -0.39 is 11.8 Å². The van der Waals surface area contributed by atoms with E-state index in [4.69, 9.17) is 10.5 Å². The van der Waals surface area contributed by atoms with Crippen molar-refractivity contribution in [2.45, 2.75) is 64.3 Å². The van der Waals surface area contributed by atoms with E-state index >= 15 is 0 Å². The number of nitrogens with zero attached hydrogens (tertiary/aromatic N) is 5. The molecule has 1 aromatic rings. The third-order valence-electron chi connectivity index (χ3n) is 6.41. The minimum absolute atomic E-state index is 0.0214. The van der Waals surface area contributed by atoms with Crippen molar-refractivity contribution >= 4 is 17.7 Å². The molecule has 11 nitrogen and oxygen atoms in total. The van der Waals surface area contributed by atoms with Crippen LogP contribution in [0.5, 0.6) is 0 Å². The average Bonchev–Trinajstić information content (AvgIpc) is 3.31. The highest BCUT2D eigenvalue weighted by Gasteiger charge is 2.44. The molecule has 1 atom stereocenters. The fourth-order valence-electron chi connectivity index (χ4n) is 4.79. The summed E-state index contributed by atoms with van der Waals surface area (Å²) < 4.78 is 5.50. The lowest BCUT2D eigenvalue weighted by Crippen LogP contribution is -2.66. The second-order valence-electron chi connectivity index (χ2n) is 10.1. The summed E-state index contributed by atoms with van der Waals surface area (Å²) in [5, 5.41) is 19.6. The van der Waals surface area contributed by atoms with Crippen molar-refractivity contribution in [2.75, 3.05) is 26.2 Å². The summed E-state index contributed by atoms with van der Waals surface area (Å²) in [6.45, 7) is 7.23. The fraction of sp³-hybridized carbons (Fsp3) is 0.583. The number of benzene rings is 1. The summed E-state index contributed by atoms with van der Waals surface area (Å²) in [5.41, 5.74) is 6.80. The minimum Gasteiger partial charge on any atom is -0.444 e. The number of ether oxygens (including phenoxy) is 1. The molecule has 1 saturated heterocycles. The first-order chi connectivity index (χ1) is 16.6. The van der Waals surface area contributed by atoms with Gasteiger partial charge in [-0.25, -0.2) is 19.8 Å². The summed E-state index contributed by atoms with van der Waals surface area (Å²) in [7, 11) is 0. The van der Waals surface area contributed by atoms with Crippen LogP contribution < -0.4 is 11.1 Å². The molecule has 3 N–H and O–H groups in total. The highest BCUT2D eigenvalue weighted by atomic mass is 16.6. The maximum atomic E-state index is 12.5. The van der Waals surface area contributed by atoms with Gasteiger partial charge in [0.25, 0.3) is 0 Å². The van der Waals surface area contributed by atoms with Gasteiger partial charge in [-0.2, -0.15) is 0 Å². The molecule has 1 unspecified atom stereocenters. The van der Waals surface area contributed by atoms with Gasteiger partial charge in [0.2, 0.25) is 5.96 Å². The summed E-state index contributed by atoms with van der Waals surface area (Å²) >= 11 is 0. The summed E-state index contributed by atoms with van der Waals surface area (Å²) in [6.07, 6.45) is 2.96. The van der Waals surface area contributed by atoms with Crippen LogP contribution in [0.15, 0.2) is 41.0 Å². The fourth-order valence-corrected chi connectivity index (χ4v) is 4.79. The van der Waals surface area contributed by atoms with Gasteiger partial charge in [0, 0.05) is 37.8 Å². The highest BCUT2D eigenvalue weighted by Crippen LogP contribution is 2.31. The first-order valence-corrected chi connectivity index (χ1v) is 12.2. The van der Waals surface area contributed by atoms with Crippen LogP contribution in [0.4, 0.5) is 4.79 Å². The number of amides is 1. The molecule has 1 amide bonds. The van der Waals surface area contributed by atoms with Gasteiger partial charge in [0.05, 0.1) is 4.92 Å². The zero-order chi connectivity index (χ0) is 25.2. The zero-order valence-corrected chi connectivity index (χ0v) is 20.6. The van der Waals surface area contributed by atoms with Crippen molar-refractivity contribution in [3.63, 3.8) is 0 Å². The second-order valence-corrected chi connectivity index (χ2v) is 10.1. The van der Waals surface area contributed by atoms with Gasteiger partial charge in [-0.15, -0.1) is 0 Å². The molecule has 2 heterocycles. The predicted octanol–water partition coefficient (Wildman–Crippen LogP) is 2.59. The van der Waals surface area contributed by atoms with Crippen molar-refractivity contribution in [3.05, 3.63) is 51.7 Å². The number of hydrogen-bond acceptors (Lipinski definition) is 9. The predicted molar refractivity (Wildman–Crippen MR) is 132 cm³/mol. The van der Waals surface area contributed by atoms with E-state index in [-0.39, 0.29) is 34.4 Å². The number of aliphatic imine (C=N–C) groups is 1. The Bertz CT molecular complexity index is 991. The van der Waals surface area contributed by atoms with Crippen LogP contribution in [0.1, 0.15) is 52.0 Å². The van der Waals surface area contributed by atoms with E-state index in [1.54, 1.807) is 22.0 Å². The van der Waals surface area contributed by atoms with E-state index in [0.29, 0.717) is 31.7 Å². The molecule has 3 aliphatic rings. The van der Waals surface area contributed by atoms with Gasteiger partial charge in [-0.05, 0) is 33.6 Å². The molecule has 1 saturated carbocycles. The molecule has 0 bridgehead atoms. The first kappa shape index (κ1) is 24.9. The molecule has 4 rings (SSSR count). The van der Waals surface area contributed by atoms with E-state index in [1.807, 2.05) is 44.0 Å². The average molecular weight is 486 g/mol. The smallest absolute Gasteiger partial charge is 0.410 e. The molecule has 2 aliphatic heterocycles. The molecule has 35 heavy (non-hydrogen) atoms. The Hall–Kier alpha value is -3.18. The maximum absolute atomic E-state index is 12.5. The number of guanidine groups is 1. The zero-order valence-electron chi connectivity index (χ0n) is 20.6.